The molecule has 0 saturated carbocycles. The number of nitrogens with zero attached hydrogens (tertiary/aromatic N) is 1. The minimum absolute atomic E-state index is 0.336. The highest BCUT2D eigenvalue weighted by atomic mass is 79.9. The van der Waals surface area contributed by atoms with Crippen LogP contribution in [0.2, 0.25) is 0 Å². The molecule has 2 aliphatic rings. The number of hydrogen-bond donors (Lipinski definition) is 2. The van der Waals surface area contributed by atoms with E-state index in [4.69, 9.17) is 0 Å². The number of aliphatic hydroxyl groups excluding tert-OH is 1. The summed E-state index contributed by atoms with van der Waals surface area (Å²) in [7, 11) is 0. The molecule has 0 bridgehead atoms. The number of fused-ring (bicyclic) bond motifs is 1. The molecule has 1 amide bonds. The summed E-state index contributed by atoms with van der Waals surface area (Å²) < 4.78 is 0.951. The van der Waals surface area contributed by atoms with Gasteiger partial charge in [-0.15, -0.1) is 0 Å². The zero-order valence-corrected chi connectivity index (χ0v) is 12.9. The van der Waals surface area contributed by atoms with E-state index in [9.17, 15) is 9.90 Å². The van der Waals surface area contributed by atoms with Gasteiger partial charge in [0.15, 0.2) is 6.10 Å². The fourth-order valence-corrected chi connectivity index (χ4v) is 3.60. The highest BCUT2D eigenvalue weighted by Crippen LogP contribution is 2.39. The van der Waals surface area contributed by atoms with E-state index in [0.717, 1.165) is 28.9 Å². The second kappa shape index (κ2) is 5.74. The Morgan fingerprint density at radius 2 is 1.80 bits per heavy atom. The van der Waals surface area contributed by atoms with Crippen molar-refractivity contribution < 1.29 is 9.90 Å². The van der Waals surface area contributed by atoms with Crippen LogP contribution in [0.4, 0.5) is 11.4 Å². The van der Waals surface area contributed by atoms with Crippen molar-refractivity contribution >= 4 is 33.2 Å². The van der Waals surface area contributed by atoms with Crippen LogP contribution in [0.25, 0.3) is 0 Å². The lowest BCUT2D eigenvalue weighted by molar-refractivity contribution is -0.123. The number of anilines is 2. The van der Waals surface area contributed by atoms with Gasteiger partial charge in [-0.25, -0.2) is 0 Å². The van der Waals surface area contributed by atoms with Crippen molar-refractivity contribution in [3.05, 3.63) is 22.2 Å². The molecule has 2 aliphatic heterocycles. The number of carbonyl (C=O) groups excluding carboxylic acids is 1. The molecular formula is C15H19BrN2O2. The van der Waals surface area contributed by atoms with Crippen LogP contribution in [0, 0.1) is 0 Å². The summed E-state index contributed by atoms with van der Waals surface area (Å²) in [6.45, 7) is 2.10. The molecule has 4 nitrogen and oxygen atoms in total. The van der Waals surface area contributed by atoms with Gasteiger partial charge in [0.05, 0.1) is 5.69 Å². The Kier molecular flexibility index (Phi) is 3.98. The second-order valence-electron chi connectivity index (χ2n) is 5.54. The fourth-order valence-electron chi connectivity index (χ4n) is 2.98. The van der Waals surface area contributed by atoms with Crippen molar-refractivity contribution in [1.82, 2.24) is 0 Å². The van der Waals surface area contributed by atoms with Crippen LogP contribution in [0.5, 0.6) is 0 Å². The smallest absolute Gasteiger partial charge is 0.257 e. The molecular weight excluding hydrogens is 320 g/mol. The van der Waals surface area contributed by atoms with E-state index in [0.29, 0.717) is 5.56 Å². The highest BCUT2D eigenvalue weighted by Gasteiger charge is 2.30. The Labute approximate surface area is 127 Å². The van der Waals surface area contributed by atoms with Crippen LogP contribution in [-0.4, -0.2) is 24.1 Å². The number of rotatable bonds is 1. The van der Waals surface area contributed by atoms with Crippen molar-refractivity contribution in [2.75, 3.05) is 23.3 Å². The van der Waals surface area contributed by atoms with E-state index < -0.39 is 6.10 Å². The summed E-state index contributed by atoms with van der Waals surface area (Å²) in [5, 5.41) is 12.6. The van der Waals surface area contributed by atoms with E-state index >= 15 is 0 Å². The monoisotopic (exact) mass is 338 g/mol. The lowest BCUT2D eigenvalue weighted by Gasteiger charge is -2.28. The lowest BCUT2D eigenvalue weighted by Crippen LogP contribution is -2.27. The van der Waals surface area contributed by atoms with Crippen molar-refractivity contribution in [3.63, 3.8) is 0 Å². The fraction of sp³-hybridized carbons (Fsp3) is 0.533. The van der Waals surface area contributed by atoms with Gasteiger partial charge < -0.3 is 15.3 Å². The number of amides is 1. The molecule has 1 fully saturated rings. The number of aliphatic hydroxyl groups is 1. The van der Waals surface area contributed by atoms with E-state index in [-0.39, 0.29) is 5.91 Å². The van der Waals surface area contributed by atoms with E-state index in [1.165, 1.54) is 32.1 Å². The molecule has 1 aromatic carbocycles. The number of benzene rings is 1. The van der Waals surface area contributed by atoms with Crippen molar-refractivity contribution in [3.8, 4) is 0 Å². The Morgan fingerprint density at radius 3 is 2.50 bits per heavy atom. The highest BCUT2D eigenvalue weighted by molar-refractivity contribution is 9.10. The van der Waals surface area contributed by atoms with Gasteiger partial charge in [0.2, 0.25) is 0 Å². The molecule has 2 heterocycles. The molecule has 2 N–H and O–H groups in total. The molecule has 1 saturated heterocycles. The first kappa shape index (κ1) is 13.9. The van der Waals surface area contributed by atoms with Gasteiger partial charge in [0.1, 0.15) is 0 Å². The van der Waals surface area contributed by atoms with Gasteiger partial charge in [0.25, 0.3) is 5.91 Å². The lowest BCUT2D eigenvalue weighted by atomic mass is 10.1. The third-order valence-corrected chi connectivity index (χ3v) is 4.75. The maximum Gasteiger partial charge on any atom is 0.257 e. The zero-order valence-electron chi connectivity index (χ0n) is 11.4. The number of hydrogen-bond acceptors (Lipinski definition) is 3. The first-order chi connectivity index (χ1) is 9.66. The maximum atomic E-state index is 11.5. The van der Waals surface area contributed by atoms with Crippen LogP contribution in [-0.2, 0) is 4.79 Å². The summed E-state index contributed by atoms with van der Waals surface area (Å²) in [4.78, 5) is 13.9. The third-order valence-electron chi connectivity index (χ3n) is 4.12. The number of nitrogens with one attached hydrogen (secondary N) is 1. The molecule has 3 rings (SSSR count). The number of carbonyl (C=O) groups is 1. The van der Waals surface area contributed by atoms with E-state index in [2.05, 4.69) is 26.1 Å². The standard InChI is InChI=1S/C15H19BrN2O2/c16-11-8-10-12(17-15(20)14(10)19)9-13(11)18-6-4-2-1-3-5-7-18/h8-9,14,19H,1-7H2,(H,17,20). The first-order valence-electron chi connectivity index (χ1n) is 7.24. The van der Waals surface area contributed by atoms with Gasteiger partial charge >= 0.3 is 0 Å². The van der Waals surface area contributed by atoms with Crippen molar-refractivity contribution in [1.29, 1.82) is 0 Å². The second-order valence-corrected chi connectivity index (χ2v) is 6.39. The third kappa shape index (κ3) is 2.56. The predicted octanol–water partition coefficient (Wildman–Crippen LogP) is 3.21. The van der Waals surface area contributed by atoms with Crippen LogP contribution in [0.15, 0.2) is 16.6 Å². The molecule has 108 valence electrons. The molecule has 20 heavy (non-hydrogen) atoms. The topological polar surface area (TPSA) is 52.6 Å². The summed E-state index contributed by atoms with van der Waals surface area (Å²) >= 11 is 3.59. The summed E-state index contributed by atoms with van der Waals surface area (Å²) in [6.07, 6.45) is 5.28. The minimum Gasteiger partial charge on any atom is -0.378 e. The van der Waals surface area contributed by atoms with E-state index in [1.54, 1.807) is 0 Å². The van der Waals surface area contributed by atoms with Crippen molar-refractivity contribution in [2.45, 2.75) is 38.2 Å². The first-order valence-corrected chi connectivity index (χ1v) is 8.03. The summed E-state index contributed by atoms with van der Waals surface area (Å²) in [5.74, 6) is -0.336. The Balaban J connectivity index is 1.90. The minimum atomic E-state index is -1.04. The normalized spacial score (nSPS) is 23.0. The summed E-state index contributed by atoms with van der Waals surface area (Å²) in [5.41, 5.74) is 2.51. The Morgan fingerprint density at radius 1 is 1.15 bits per heavy atom. The Bertz CT molecular complexity index is 525. The molecule has 1 atom stereocenters. The van der Waals surface area contributed by atoms with Crippen molar-refractivity contribution in [2.24, 2.45) is 0 Å². The van der Waals surface area contributed by atoms with Gasteiger partial charge in [-0.1, -0.05) is 19.3 Å². The quantitative estimate of drug-likeness (QED) is 0.826. The molecule has 0 radical (unpaired) electrons. The molecule has 0 aliphatic carbocycles. The average molecular weight is 339 g/mol. The van der Waals surface area contributed by atoms with Gasteiger partial charge in [0, 0.05) is 28.8 Å². The Hall–Kier alpha value is -1.07. The van der Waals surface area contributed by atoms with Gasteiger partial charge in [-0.3, -0.25) is 4.79 Å². The van der Waals surface area contributed by atoms with Gasteiger partial charge in [-0.2, -0.15) is 0 Å². The predicted molar refractivity (Wildman–Crippen MR) is 83.0 cm³/mol. The summed E-state index contributed by atoms with van der Waals surface area (Å²) in [6, 6.07) is 3.85. The van der Waals surface area contributed by atoms with Crippen LogP contribution in [0.1, 0.15) is 43.8 Å². The SMILES string of the molecule is O=C1Nc2cc(N3CCCCCCC3)c(Br)cc2C1O. The molecule has 1 unspecified atom stereocenters. The number of halogens is 1. The van der Waals surface area contributed by atoms with Crippen LogP contribution >= 0.6 is 15.9 Å². The molecule has 5 heteroatoms. The maximum absolute atomic E-state index is 11.5. The zero-order chi connectivity index (χ0) is 14.1. The molecule has 1 aromatic rings. The van der Waals surface area contributed by atoms with E-state index in [1.807, 2.05) is 12.1 Å². The van der Waals surface area contributed by atoms with Crippen LogP contribution in [0.3, 0.4) is 0 Å². The van der Waals surface area contributed by atoms with Gasteiger partial charge in [-0.05, 0) is 40.9 Å². The molecule has 0 aromatic heterocycles. The largest absolute Gasteiger partial charge is 0.378 e. The van der Waals surface area contributed by atoms with Crippen LogP contribution < -0.4 is 10.2 Å². The molecule has 0 spiro atoms. The average Bonchev–Trinajstić information content (AvgIpc) is 2.65.